The molecule has 19 heavy (non-hydrogen) atoms. The van der Waals surface area contributed by atoms with E-state index in [0.29, 0.717) is 12.0 Å². The number of rotatable bonds is 4. The molecule has 2 aromatic rings. The summed E-state index contributed by atoms with van der Waals surface area (Å²) in [5, 5.41) is 3.49. The average Bonchev–Trinajstić information content (AvgIpc) is 2.40. The van der Waals surface area contributed by atoms with Crippen molar-refractivity contribution in [3.05, 3.63) is 65.7 Å². The third-order valence-electron chi connectivity index (χ3n) is 3.80. The van der Waals surface area contributed by atoms with Gasteiger partial charge < -0.3 is 5.32 Å². The van der Waals surface area contributed by atoms with Crippen LogP contribution in [0.4, 0.5) is 4.39 Å². The summed E-state index contributed by atoms with van der Waals surface area (Å²) in [6.07, 6.45) is 5.68. The van der Waals surface area contributed by atoms with Crippen molar-refractivity contribution < 1.29 is 4.39 Å². The van der Waals surface area contributed by atoms with Crippen molar-refractivity contribution >= 4 is 0 Å². The van der Waals surface area contributed by atoms with Crippen LogP contribution in [0.3, 0.4) is 0 Å². The molecule has 0 aliphatic heterocycles. The van der Waals surface area contributed by atoms with Crippen LogP contribution in [0.1, 0.15) is 29.9 Å². The molecule has 1 aromatic heterocycles. The van der Waals surface area contributed by atoms with E-state index in [4.69, 9.17) is 0 Å². The fourth-order valence-corrected chi connectivity index (χ4v) is 2.61. The summed E-state index contributed by atoms with van der Waals surface area (Å²) in [7, 11) is 0. The molecule has 0 radical (unpaired) electrons. The minimum absolute atomic E-state index is 0.0711. The number of pyridine rings is 1. The molecule has 0 saturated heterocycles. The molecule has 0 amide bonds. The highest BCUT2D eigenvalue weighted by atomic mass is 19.1. The van der Waals surface area contributed by atoms with Gasteiger partial charge in [-0.15, -0.1) is 0 Å². The van der Waals surface area contributed by atoms with Crippen molar-refractivity contribution in [1.29, 1.82) is 0 Å². The predicted octanol–water partition coefficient (Wildman–Crippen LogP) is 3.26. The van der Waals surface area contributed by atoms with E-state index >= 15 is 0 Å². The van der Waals surface area contributed by atoms with E-state index in [2.05, 4.69) is 16.4 Å². The normalized spacial score (nSPS) is 21.9. The van der Waals surface area contributed by atoms with Crippen molar-refractivity contribution in [1.82, 2.24) is 10.3 Å². The van der Waals surface area contributed by atoms with Crippen LogP contribution < -0.4 is 5.32 Å². The lowest BCUT2D eigenvalue weighted by Gasteiger charge is -2.36. The molecule has 2 nitrogen and oxygen atoms in total. The van der Waals surface area contributed by atoms with Crippen LogP contribution >= 0.6 is 0 Å². The van der Waals surface area contributed by atoms with E-state index in [0.717, 1.165) is 24.9 Å². The van der Waals surface area contributed by atoms with Crippen LogP contribution in [0, 0.1) is 5.82 Å². The molecule has 1 heterocycles. The molecule has 0 atom stereocenters. The summed E-state index contributed by atoms with van der Waals surface area (Å²) < 4.78 is 13.6. The van der Waals surface area contributed by atoms with Crippen LogP contribution in [-0.2, 0) is 6.54 Å². The predicted molar refractivity (Wildman–Crippen MR) is 73.2 cm³/mol. The maximum atomic E-state index is 13.6. The third kappa shape index (κ3) is 2.82. The molecule has 3 rings (SSSR count). The number of aromatic nitrogens is 1. The number of hydrogen-bond donors (Lipinski definition) is 1. The van der Waals surface area contributed by atoms with E-state index in [1.165, 1.54) is 5.56 Å². The lowest BCUT2D eigenvalue weighted by molar-refractivity contribution is 0.284. The fraction of sp³-hybridized carbons (Fsp3) is 0.312. The van der Waals surface area contributed by atoms with Crippen LogP contribution in [0.25, 0.3) is 0 Å². The van der Waals surface area contributed by atoms with E-state index in [1.807, 2.05) is 24.4 Å². The molecule has 1 aromatic carbocycles. The molecular formula is C16H17FN2. The van der Waals surface area contributed by atoms with Gasteiger partial charge in [0.25, 0.3) is 0 Å². The van der Waals surface area contributed by atoms with Crippen LogP contribution in [0.2, 0.25) is 0 Å². The standard InChI is InChI=1S/C16H17FN2/c17-16-6-2-1-5-15(16)13-8-14(9-13)19-11-12-4-3-7-18-10-12/h1-7,10,13-14,19H,8-9,11H2. The van der Waals surface area contributed by atoms with Crippen molar-refractivity contribution in [2.75, 3.05) is 0 Å². The molecule has 0 spiro atoms. The van der Waals surface area contributed by atoms with Gasteiger partial charge in [-0.25, -0.2) is 4.39 Å². The smallest absolute Gasteiger partial charge is 0.126 e. The summed E-state index contributed by atoms with van der Waals surface area (Å²) >= 11 is 0. The van der Waals surface area contributed by atoms with Crippen molar-refractivity contribution in [2.24, 2.45) is 0 Å². The lowest BCUT2D eigenvalue weighted by Crippen LogP contribution is -2.39. The molecule has 1 aliphatic carbocycles. The molecule has 1 aliphatic rings. The highest BCUT2D eigenvalue weighted by Gasteiger charge is 2.31. The highest BCUT2D eigenvalue weighted by molar-refractivity contribution is 5.24. The van der Waals surface area contributed by atoms with Gasteiger partial charge in [0.05, 0.1) is 0 Å². The zero-order valence-electron chi connectivity index (χ0n) is 10.7. The lowest BCUT2D eigenvalue weighted by atomic mass is 9.75. The number of benzene rings is 1. The topological polar surface area (TPSA) is 24.9 Å². The van der Waals surface area contributed by atoms with Crippen molar-refractivity contribution in [2.45, 2.75) is 31.3 Å². The summed E-state index contributed by atoms with van der Waals surface area (Å²) in [6, 6.07) is 11.6. The number of hydrogen-bond acceptors (Lipinski definition) is 2. The maximum absolute atomic E-state index is 13.6. The van der Waals surface area contributed by atoms with E-state index in [9.17, 15) is 4.39 Å². The first-order valence-corrected chi connectivity index (χ1v) is 6.69. The average molecular weight is 256 g/mol. The summed E-state index contributed by atoms with van der Waals surface area (Å²) in [5.41, 5.74) is 2.05. The molecule has 0 bridgehead atoms. The molecule has 1 fully saturated rings. The first kappa shape index (κ1) is 12.3. The minimum atomic E-state index is -0.0711. The Morgan fingerprint density at radius 3 is 2.74 bits per heavy atom. The number of halogens is 1. The molecule has 1 saturated carbocycles. The molecule has 3 heteroatoms. The Morgan fingerprint density at radius 1 is 1.16 bits per heavy atom. The minimum Gasteiger partial charge on any atom is -0.310 e. The Labute approximate surface area is 112 Å². The zero-order valence-corrected chi connectivity index (χ0v) is 10.7. The van der Waals surface area contributed by atoms with Gasteiger partial charge in [0.1, 0.15) is 5.82 Å². The van der Waals surface area contributed by atoms with Crippen molar-refractivity contribution in [3.63, 3.8) is 0 Å². The monoisotopic (exact) mass is 256 g/mol. The van der Waals surface area contributed by atoms with E-state index < -0.39 is 0 Å². The van der Waals surface area contributed by atoms with Crippen molar-refractivity contribution in [3.8, 4) is 0 Å². The van der Waals surface area contributed by atoms with E-state index in [1.54, 1.807) is 18.3 Å². The van der Waals surface area contributed by atoms with Gasteiger partial charge in [-0.3, -0.25) is 4.98 Å². The van der Waals surface area contributed by atoms with Crippen LogP contribution in [0.15, 0.2) is 48.8 Å². The van der Waals surface area contributed by atoms with Gasteiger partial charge in [0.15, 0.2) is 0 Å². The Kier molecular flexibility index (Phi) is 3.56. The fourth-order valence-electron chi connectivity index (χ4n) is 2.61. The summed E-state index contributed by atoms with van der Waals surface area (Å²) in [4.78, 5) is 4.09. The SMILES string of the molecule is Fc1ccccc1C1CC(NCc2cccnc2)C1. The van der Waals surface area contributed by atoms with Gasteiger partial charge in [-0.05, 0) is 42.0 Å². The van der Waals surface area contributed by atoms with Gasteiger partial charge >= 0.3 is 0 Å². The molecular weight excluding hydrogens is 239 g/mol. The Balaban J connectivity index is 1.50. The maximum Gasteiger partial charge on any atom is 0.126 e. The highest BCUT2D eigenvalue weighted by Crippen LogP contribution is 2.37. The number of nitrogens with one attached hydrogen (secondary N) is 1. The molecule has 0 unspecified atom stereocenters. The van der Waals surface area contributed by atoms with Gasteiger partial charge in [0.2, 0.25) is 0 Å². The largest absolute Gasteiger partial charge is 0.310 e. The van der Waals surface area contributed by atoms with Gasteiger partial charge in [0, 0.05) is 25.0 Å². The zero-order chi connectivity index (χ0) is 13.1. The molecule has 98 valence electrons. The Morgan fingerprint density at radius 2 is 2.00 bits per heavy atom. The van der Waals surface area contributed by atoms with E-state index in [-0.39, 0.29) is 5.82 Å². The summed E-state index contributed by atoms with van der Waals surface area (Å²) in [6.45, 7) is 0.836. The Bertz CT molecular complexity index is 535. The first-order valence-electron chi connectivity index (χ1n) is 6.69. The van der Waals surface area contributed by atoms with Crippen LogP contribution in [-0.4, -0.2) is 11.0 Å². The quantitative estimate of drug-likeness (QED) is 0.908. The molecule has 1 N–H and O–H groups in total. The second-order valence-electron chi connectivity index (χ2n) is 5.13. The van der Waals surface area contributed by atoms with Crippen LogP contribution in [0.5, 0.6) is 0 Å². The number of nitrogens with zero attached hydrogens (tertiary/aromatic N) is 1. The Hall–Kier alpha value is -1.74. The second kappa shape index (κ2) is 5.49. The second-order valence-corrected chi connectivity index (χ2v) is 5.13. The third-order valence-corrected chi connectivity index (χ3v) is 3.80. The van der Waals surface area contributed by atoms with Gasteiger partial charge in [-0.1, -0.05) is 24.3 Å². The first-order chi connectivity index (χ1) is 9.33. The summed E-state index contributed by atoms with van der Waals surface area (Å²) in [5.74, 6) is 0.297. The van der Waals surface area contributed by atoms with Gasteiger partial charge in [-0.2, -0.15) is 0 Å².